The van der Waals surface area contributed by atoms with Crippen LogP contribution < -0.4 is 10.2 Å². The molecule has 2 heterocycles. The Balaban J connectivity index is 1.52. The largest absolute Gasteiger partial charge is 0.323 e. The Morgan fingerprint density at radius 1 is 1.15 bits per heavy atom. The van der Waals surface area contributed by atoms with Crippen molar-refractivity contribution < 1.29 is 14.0 Å². The fraction of sp³-hybridized carbons (Fsp3) is 0.231. The summed E-state index contributed by atoms with van der Waals surface area (Å²) < 4.78 is 14.4. The van der Waals surface area contributed by atoms with Crippen LogP contribution in [0.3, 0.4) is 0 Å². The van der Waals surface area contributed by atoms with Gasteiger partial charge in [0.05, 0.1) is 12.2 Å². The maximum Gasteiger partial charge on any atom is 0.323 e. The van der Waals surface area contributed by atoms with Crippen LogP contribution in [-0.2, 0) is 16.2 Å². The van der Waals surface area contributed by atoms with Gasteiger partial charge in [-0.25, -0.2) is 9.18 Å². The molecule has 3 aromatic rings. The molecule has 174 valence electrons. The zero-order chi connectivity index (χ0) is 24.0. The first-order valence-corrected chi connectivity index (χ1v) is 12.3. The van der Waals surface area contributed by atoms with Crippen LogP contribution in [0.4, 0.5) is 20.6 Å². The number of carbonyl (C=O) groups is 2. The minimum Gasteiger partial charge on any atom is -0.308 e. The number of thioether (sulfide) groups is 1. The van der Waals surface area contributed by atoms with Gasteiger partial charge in [-0.15, -0.1) is 11.8 Å². The highest BCUT2D eigenvalue weighted by molar-refractivity contribution is 8.01. The summed E-state index contributed by atoms with van der Waals surface area (Å²) in [6.07, 6.45) is 0. The fourth-order valence-electron chi connectivity index (χ4n) is 4.60. The number of carbonyl (C=O) groups excluding carboxylic acids is 2. The standard InChI is InChI=1S/C26H23ClFN3O2S/c1-16-4-3-5-18(12-16)15-30-23-9-7-19(28)13-21(23)26(24(30)32)31(10-11-34-26)25(33)29-20-8-6-17(2)22(27)14-20/h3-9,12-14H,10-11,15H2,1-2H3,(H,29,33). The van der Waals surface area contributed by atoms with E-state index >= 15 is 0 Å². The van der Waals surface area contributed by atoms with Gasteiger partial charge in [-0.2, -0.15) is 0 Å². The highest BCUT2D eigenvalue weighted by Gasteiger charge is 2.59. The van der Waals surface area contributed by atoms with Crippen LogP contribution in [0, 0.1) is 19.7 Å². The van der Waals surface area contributed by atoms with Gasteiger partial charge in [0, 0.05) is 28.6 Å². The first kappa shape index (κ1) is 22.7. The summed E-state index contributed by atoms with van der Waals surface area (Å²) in [4.78, 5) is 29.3. The van der Waals surface area contributed by atoms with Crippen molar-refractivity contribution in [2.45, 2.75) is 25.3 Å². The van der Waals surface area contributed by atoms with E-state index in [-0.39, 0.29) is 5.91 Å². The van der Waals surface area contributed by atoms with E-state index in [0.29, 0.717) is 40.8 Å². The van der Waals surface area contributed by atoms with E-state index in [1.54, 1.807) is 23.1 Å². The predicted octanol–water partition coefficient (Wildman–Crippen LogP) is 6.08. The molecular formula is C26H23ClFN3O2S. The number of rotatable bonds is 3. The van der Waals surface area contributed by atoms with E-state index < -0.39 is 16.7 Å². The Morgan fingerprint density at radius 2 is 1.97 bits per heavy atom. The van der Waals surface area contributed by atoms with Gasteiger partial charge < -0.3 is 10.2 Å². The van der Waals surface area contributed by atoms with E-state index in [9.17, 15) is 14.0 Å². The van der Waals surface area contributed by atoms with Crippen LogP contribution >= 0.6 is 23.4 Å². The molecule has 1 atom stereocenters. The second kappa shape index (κ2) is 8.64. The number of amides is 3. The number of halogens is 2. The molecule has 2 aliphatic rings. The van der Waals surface area contributed by atoms with Crippen molar-refractivity contribution in [3.63, 3.8) is 0 Å². The van der Waals surface area contributed by atoms with Crippen molar-refractivity contribution in [1.82, 2.24) is 4.90 Å². The predicted molar refractivity (Wildman–Crippen MR) is 135 cm³/mol. The van der Waals surface area contributed by atoms with Crippen LogP contribution in [0.15, 0.2) is 60.7 Å². The summed E-state index contributed by atoms with van der Waals surface area (Å²) in [6.45, 7) is 4.57. The summed E-state index contributed by atoms with van der Waals surface area (Å²) >= 11 is 7.58. The molecule has 1 spiro atoms. The molecule has 1 fully saturated rings. The fourth-order valence-corrected chi connectivity index (χ4v) is 6.23. The van der Waals surface area contributed by atoms with Crippen molar-refractivity contribution in [2.24, 2.45) is 0 Å². The van der Waals surface area contributed by atoms with Crippen LogP contribution in [-0.4, -0.2) is 29.1 Å². The van der Waals surface area contributed by atoms with Crippen molar-refractivity contribution in [1.29, 1.82) is 0 Å². The minimum absolute atomic E-state index is 0.241. The third-order valence-electron chi connectivity index (χ3n) is 6.25. The summed E-state index contributed by atoms with van der Waals surface area (Å²) in [6, 6.07) is 17.1. The summed E-state index contributed by atoms with van der Waals surface area (Å²) in [5.41, 5.74) is 4.62. The van der Waals surface area contributed by atoms with E-state index in [0.717, 1.165) is 16.7 Å². The highest BCUT2D eigenvalue weighted by Crippen LogP contribution is 2.54. The molecule has 5 nitrogen and oxygen atoms in total. The molecule has 1 saturated heterocycles. The number of fused-ring (bicyclic) bond motifs is 2. The number of nitrogens with zero attached hydrogens (tertiary/aromatic N) is 2. The molecule has 5 rings (SSSR count). The summed E-state index contributed by atoms with van der Waals surface area (Å²) in [7, 11) is 0. The highest BCUT2D eigenvalue weighted by atomic mass is 35.5. The normalized spacial score (nSPS) is 19.1. The molecule has 0 aliphatic carbocycles. The smallest absolute Gasteiger partial charge is 0.308 e. The van der Waals surface area contributed by atoms with Gasteiger partial charge in [0.1, 0.15) is 5.82 Å². The SMILES string of the molecule is Cc1cccc(CN2C(=O)C3(SCCN3C(=O)Nc3ccc(C)c(Cl)c3)c3cc(F)ccc32)c1. The van der Waals surface area contributed by atoms with Gasteiger partial charge in [0.25, 0.3) is 5.91 Å². The third kappa shape index (κ3) is 3.73. The van der Waals surface area contributed by atoms with Crippen LogP contribution in [0.25, 0.3) is 0 Å². The topological polar surface area (TPSA) is 52.7 Å². The molecule has 3 aromatic carbocycles. The maximum atomic E-state index is 14.4. The molecule has 3 amide bonds. The number of hydrogen-bond donors (Lipinski definition) is 1. The molecule has 8 heteroatoms. The Hall–Kier alpha value is -3.03. The lowest BCUT2D eigenvalue weighted by Crippen LogP contribution is -2.51. The van der Waals surface area contributed by atoms with Gasteiger partial charge in [0.15, 0.2) is 4.87 Å². The molecule has 34 heavy (non-hydrogen) atoms. The number of aryl methyl sites for hydroxylation is 2. The first-order valence-electron chi connectivity index (χ1n) is 11.0. The third-order valence-corrected chi connectivity index (χ3v) is 8.07. The van der Waals surface area contributed by atoms with Gasteiger partial charge in [-0.1, -0.05) is 47.5 Å². The van der Waals surface area contributed by atoms with Gasteiger partial charge >= 0.3 is 6.03 Å². The second-order valence-electron chi connectivity index (χ2n) is 8.58. The van der Waals surface area contributed by atoms with E-state index in [1.807, 2.05) is 44.2 Å². The quantitative estimate of drug-likeness (QED) is 0.479. The van der Waals surface area contributed by atoms with Crippen molar-refractivity contribution in [3.05, 3.63) is 93.8 Å². The zero-order valence-corrected chi connectivity index (χ0v) is 20.3. The van der Waals surface area contributed by atoms with Crippen LogP contribution in [0.1, 0.15) is 22.3 Å². The summed E-state index contributed by atoms with van der Waals surface area (Å²) in [5, 5.41) is 3.40. The lowest BCUT2D eigenvalue weighted by molar-refractivity contribution is -0.123. The number of benzene rings is 3. The molecule has 0 aromatic heterocycles. The Kier molecular flexibility index (Phi) is 5.78. The number of nitrogens with one attached hydrogen (secondary N) is 1. The molecule has 2 aliphatic heterocycles. The molecule has 0 saturated carbocycles. The van der Waals surface area contributed by atoms with E-state index in [4.69, 9.17) is 11.6 Å². The maximum absolute atomic E-state index is 14.4. The van der Waals surface area contributed by atoms with Crippen LogP contribution in [0.2, 0.25) is 5.02 Å². The van der Waals surface area contributed by atoms with Crippen molar-refractivity contribution >= 4 is 46.7 Å². The van der Waals surface area contributed by atoms with Gasteiger partial charge in [0.2, 0.25) is 0 Å². The lowest BCUT2D eigenvalue weighted by Gasteiger charge is -2.33. The Morgan fingerprint density at radius 3 is 2.74 bits per heavy atom. The van der Waals surface area contributed by atoms with Crippen LogP contribution in [0.5, 0.6) is 0 Å². The molecule has 0 bridgehead atoms. The Bertz CT molecular complexity index is 1320. The lowest BCUT2D eigenvalue weighted by atomic mass is 10.1. The number of anilines is 2. The average molecular weight is 496 g/mol. The molecular weight excluding hydrogens is 473 g/mol. The molecule has 1 N–H and O–H groups in total. The number of hydrogen-bond acceptors (Lipinski definition) is 3. The zero-order valence-electron chi connectivity index (χ0n) is 18.8. The second-order valence-corrected chi connectivity index (χ2v) is 10.3. The first-order chi connectivity index (χ1) is 16.3. The summed E-state index contributed by atoms with van der Waals surface area (Å²) in [5.74, 6) is -0.127. The Labute approximate surface area is 206 Å². The van der Waals surface area contributed by atoms with Gasteiger partial charge in [-0.3, -0.25) is 9.69 Å². The monoisotopic (exact) mass is 495 g/mol. The van der Waals surface area contributed by atoms with Crippen molar-refractivity contribution in [3.8, 4) is 0 Å². The molecule has 1 unspecified atom stereocenters. The van der Waals surface area contributed by atoms with E-state index in [2.05, 4.69) is 5.32 Å². The van der Waals surface area contributed by atoms with Gasteiger partial charge in [-0.05, 0) is 55.3 Å². The number of urea groups is 1. The van der Waals surface area contributed by atoms with Crippen molar-refractivity contribution in [2.75, 3.05) is 22.5 Å². The van der Waals surface area contributed by atoms with E-state index in [1.165, 1.54) is 28.8 Å². The minimum atomic E-state index is -1.32. The molecule has 0 radical (unpaired) electrons. The average Bonchev–Trinajstić information content (AvgIpc) is 3.34.